The van der Waals surface area contributed by atoms with Crippen LogP contribution in [0.15, 0.2) is 24.5 Å². The zero-order valence-electron chi connectivity index (χ0n) is 12.6. The van der Waals surface area contributed by atoms with E-state index in [1.165, 1.54) is 0 Å². The number of hydrogen-bond donors (Lipinski definition) is 2. The summed E-state index contributed by atoms with van der Waals surface area (Å²) in [6, 6.07) is 2.98. The van der Waals surface area contributed by atoms with Crippen molar-refractivity contribution >= 4 is 23.2 Å². The predicted molar refractivity (Wildman–Crippen MR) is 81.9 cm³/mol. The minimum atomic E-state index is -0.553. The van der Waals surface area contributed by atoms with Gasteiger partial charge in [-0.15, -0.1) is 0 Å². The first kappa shape index (κ1) is 14.6. The summed E-state index contributed by atoms with van der Waals surface area (Å²) in [5.74, 6) is -0.460. The summed E-state index contributed by atoms with van der Waals surface area (Å²) < 4.78 is 14.6. The average molecular weight is 303 g/mol. The minimum Gasteiger partial charge on any atom is -0.338 e. The summed E-state index contributed by atoms with van der Waals surface area (Å²) in [7, 11) is 0. The SMILES string of the molecule is C=C1Nc2c(ccc(C(C)C)c2F)N1C1CCC(=O)NC1=O. The molecule has 0 saturated carbocycles. The third-order valence-corrected chi connectivity index (χ3v) is 4.11. The van der Waals surface area contributed by atoms with Crippen molar-refractivity contribution in [2.75, 3.05) is 10.2 Å². The quantitative estimate of drug-likeness (QED) is 0.824. The first-order valence-corrected chi connectivity index (χ1v) is 7.31. The second-order valence-corrected chi connectivity index (χ2v) is 5.93. The maximum absolute atomic E-state index is 14.6. The Hall–Kier alpha value is -2.37. The number of fused-ring (bicyclic) bond motifs is 1. The van der Waals surface area contributed by atoms with E-state index in [0.717, 1.165) is 0 Å². The van der Waals surface area contributed by atoms with Crippen molar-refractivity contribution in [3.63, 3.8) is 0 Å². The van der Waals surface area contributed by atoms with Crippen LogP contribution in [-0.4, -0.2) is 17.9 Å². The van der Waals surface area contributed by atoms with Crippen molar-refractivity contribution in [2.24, 2.45) is 0 Å². The summed E-state index contributed by atoms with van der Waals surface area (Å²) in [5, 5.41) is 5.25. The number of anilines is 2. The molecule has 1 unspecified atom stereocenters. The molecule has 6 heteroatoms. The van der Waals surface area contributed by atoms with Gasteiger partial charge >= 0.3 is 0 Å². The van der Waals surface area contributed by atoms with Gasteiger partial charge in [-0.1, -0.05) is 26.5 Å². The maximum Gasteiger partial charge on any atom is 0.249 e. The zero-order valence-corrected chi connectivity index (χ0v) is 12.6. The molecular formula is C16H18FN3O2. The fraction of sp³-hybridized carbons (Fsp3) is 0.375. The number of benzene rings is 1. The number of imide groups is 1. The predicted octanol–water partition coefficient (Wildman–Crippen LogP) is 2.46. The average Bonchev–Trinajstić information content (AvgIpc) is 2.76. The molecule has 2 heterocycles. The molecule has 1 fully saturated rings. The number of amides is 2. The van der Waals surface area contributed by atoms with Crippen LogP contribution in [0.3, 0.4) is 0 Å². The molecular weight excluding hydrogens is 285 g/mol. The Morgan fingerprint density at radius 2 is 2.05 bits per heavy atom. The van der Waals surface area contributed by atoms with E-state index in [0.29, 0.717) is 29.2 Å². The largest absolute Gasteiger partial charge is 0.338 e. The Bertz CT molecular complexity index is 684. The van der Waals surface area contributed by atoms with E-state index in [-0.39, 0.29) is 30.0 Å². The van der Waals surface area contributed by atoms with Gasteiger partial charge in [-0.25, -0.2) is 4.39 Å². The van der Waals surface area contributed by atoms with Crippen molar-refractivity contribution in [1.29, 1.82) is 0 Å². The lowest BCUT2D eigenvalue weighted by molar-refractivity contribution is -0.134. The van der Waals surface area contributed by atoms with Gasteiger partial charge in [0.15, 0.2) is 5.82 Å². The van der Waals surface area contributed by atoms with Gasteiger partial charge in [-0.05, 0) is 24.0 Å². The molecule has 3 rings (SSSR count). The fourth-order valence-electron chi connectivity index (χ4n) is 2.98. The Morgan fingerprint density at radius 1 is 1.32 bits per heavy atom. The fourth-order valence-corrected chi connectivity index (χ4v) is 2.98. The Kier molecular flexibility index (Phi) is 3.39. The second kappa shape index (κ2) is 5.12. The Labute approximate surface area is 128 Å². The molecule has 22 heavy (non-hydrogen) atoms. The number of piperidine rings is 1. The molecule has 1 atom stereocenters. The molecule has 0 radical (unpaired) electrons. The molecule has 1 aromatic carbocycles. The summed E-state index contributed by atoms with van der Waals surface area (Å²) in [6.07, 6.45) is 0.653. The van der Waals surface area contributed by atoms with Crippen molar-refractivity contribution in [1.82, 2.24) is 5.32 Å². The lowest BCUT2D eigenvalue weighted by Gasteiger charge is -2.31. The molecule has 1 saturated heterocycles. The van der Waals surface area contributed by atoms with E-state index in [9.17, 15) is 14.0 Å². The lowest BCUT2D eigenvalue weighted by Crippen LogP contribution is -2.51. The van der Waals surface area contributed by atoms with Crippen molar-refractivity contribution < 1.29 is 14.0 Å². The topological polar surface area (TPSA) is 61.4 Å². The van der Waals surface area contributed by atoms with Gasteiger partial charge in [-0.2, -0.15) is 0 Å². The highest BCUT2D eigenvalue weighted by atomic mass is 19.1. The first-order valence-electron chi connectivity index (χ1n) is 7.31. The van der Waals surface area contributed by atoms with E-state index >= 15 is 0 Å². The molecule has 116 valence electrons. The summed E-state index contributed by atoms with van der Waals surface area (Å²) in [6.45, 7) is 7.72. The number of carbonyl (C=O) groups is 2. The van der Waals surface area contributed by atoms with Crippen LogP contribution in [-0.2, 0) is 9.59 Å². The van der Waals surface area contributed by atoms with Crippen molar-refractivity contribution in [3.05, 3.63) is 35.9 Å². The van der Waals surface area contributed by atoms with Crippen LogP contribution in [0.1, 0.15) is 38.2 Å². The molecule has 5 nitrogen and oxygen atoms in total. The number of hydrogen-bond acceptors (Lipinski definition) is 4. The van der Waals surface area contributed by atoms with Gasteiger partial charge < -0.3 is 10.2 Å². The number of nitrogens with one attached hydrogen (secondary N) is 2. The van der Waals surface area contributed by atoms with E-state index in [1.54, 1.807) is 17.0 Å². The highest BCUT2D eigenvalue weighted by Gasteiger charge is 2.38. The monoisotopic (exact) mass is 303 g/mol. The minimum absolute atomic E-state index is 0.0602. The molecule has 2 aliphatic heterocycles. The van der Waals surface area contributed by atoms with Crippen LogP contribution in [0.5, 0.6) is 0 Å². The van der Waals surface area contributed by atoms with Crippen LogP contribution in [0, 0.1) is 5.82 Å². The molecule has 0 bridgehead atoms. The van der Waals surface area contributed by atoms with Crippen LogP contribution >= 0.6 is 0 Å². The van der Waals surface area contributed by atoms with Gasteiger partial charge in [0.1, 0.15) is 17.6 Å². The number of carbonyl (C=O) groups excluding carboxylic acids is 2. The van der Waals surface area contributed by atoms with Crippen LogP contribution < -0.4 is 15.5 Å². The third-order valence-electron chi connectivity index (χ3n) is 4.11. The van der Waals surface area contributed by atoms with E-state index in [2.05, 4.69) is 17.2 Å². The van der Waals surface area contributed by atoms with Crippen molar-refractivity contribution in [2.45, 2.75) is 38.6 Å². The highest BCUT2D eigenvalue weighted by molar-refractivity contribution is 6.03. The normalized spacial score (nSPS) is 21.0. The van der Waals surface area contributed by atoms with Gasteiger partial charge in [0, 0.05) is 6.42 Å². The molecule has 0 spiro atoms. The molecule has 2 N–H and O–H groups in total. The smallest absolute Gasteiger partial charge is 0.249 e. The van der Waals surface area contributed by atoms with Gasteiger partial charge in [0.05, 0.1) is 5.69 Å². The number of rotatable bonds is 2. The zero-order chi connectivity index (χ0) is 16.0. The summed E-state index contributed by atoms with van der Waals surface area (Å²) >= 11 is 0. The molecule has 2 amide bonds. The van der Waals surface area contributed by atoms with Crippen LogP contribution in [0.25, 0.3) is 0 Å². The molecule has 0 aliphatic carbocycles. The lowest BCUT2D eigenvalue weighted by atomic mass is 10.00. The molecule has 0 aromatic heterocycles. The highest BCUT2D eigenvalue weighted by Crippen LogP contribution is 2.42. The van der Waals surface area contributed by atoms with E-state index in [4.69, 9.17) is 0 Å². The summed E-state index contributed by atoms with van der Waals surface area (Å²) in [5.41, 5.74) is 1.55. The van der Waals surface area contributed by atoms with Crippen LogP contribution in [0.2, 0.25) is 0 Å². The standard InChI is InChI=1S/C16H18FN3O2/c1-8(2)10-4-5-11-15(14(10)17)18-9(3)20(11)12-6-7-13(21)19-16(12)22/h4-5,8,12,18H,3,6-7H2,1-2H3,(H,19,21,22). The molecule has 2 aliphatic rings. The number of nitrogens with zero attached hydrogens (tertiary/aromatic N) is 1. The Balaban J connectivity index is 2.00. The number of halogens is 1. The van der Waals surface area contributed by atoms with Gasteiger partial charge in [-0.3, -0.25) is 14.9 Å². The van der Waals surface area contributed by atoms with Crippen molar-refractivity contribution in [3.8, 4) is 0 Å². The first-order chi connectivity index (χ1) is 10.4. The summed E-state index contributed by atoms with van der Waals surface area (Å²) in [4.78, 5) is 25.0. The Morgan fingerprint density at radius 3 is 2.68 bits per heavy atom. The van der Waals surface area contributed by atoms with Gasteiger partial charge in [0.25, 0.3) is 0 Å². The molecule has 1 aromatic rings. The van der Waals surface area contributed by atoms with E-state index in [1.807, 2.05) is 13.8 Å². The van der Waals surface area contributed by atoms with E-state index < -0.39 is 6.04 Å². The van der Waals surface area contributed by atoms with Crippen LogP contribution in [0.4, 0.5) is 15.8 Å². The second-order valence-electron chi connectivity index (χ2n) is 5.93. The third kappa shape index (κ3) is 2.15. The van der Waals surface area contributed by atoms with Gasteiger partial charge in [0.2, 0.25) is 11.8 Å². The maximum atomic E-state index is 14.6.